The Balaban J connectivity index is 1.42. The average Bonchev–Trinajstić information content (AvgIpc) is 3.40. The van der Waals surface area contributed by atoms with Crippen LogP contribution in [0.15, 0.2) is 60.9 Å². The van der Waals surface area contributed by atoms with E-state index in [0.29, 0.717) is 5.56 Å². The number of nitrogens with zero attached hydrogens (tertiary/aromatic N) is 2. The number of amides is 1. The first-order valence-electron chi connectivity index (χ1n) is 11.9. The number of aliphatic hydroxyl groups is 1. The van der Waals surface area contributed by atoms with Crippen LogP contribution in [0.5, 0.6) is 0 Å². The maximum absolute atomic E-state index is 13.1. The number of hydrogen-bond acceptors (Lipinski definition) is 3. The molecule has 1 fully saturated rings. The molecule has 0 spiro atoms. The first-order valence-corrected chi connectivity index (χ1v) is 11.9. The van der Waals surface area contributed by atoms with Gasteiger partial charge >= 0.3 is 0 Å². The van der Waals surface area contributed by atoms with Crippen molar-refractivity contribution in [3.05, 3.63) is 83.3 Å². The summed E-state index contributed by atoms with van der Waals surface area (Å²) in [7, 11) is 0. The van der Waals surface area contributed by atoms with E-state index in [4.69, 9.17) is 0 Å². The summed E-state index contributed by atoms with van der Waals surface area (Å²) < 4.78 is 2.09. The molecule has 1 saturated heterocycles. The molecule has 0 radical (unpaired) electrons. The number of likely N-dealkylation sites (tertiary alicyclic amines) is 1. The molecule has 4 aromatic rings. The highest BCUT2D eigenvalue weighted by Crippen LogP contribution is 2.25. The van der Waals surface area contributed by atoms with Gasteiger partial charge in [-0.25, -0.2) is 0 Å². The van der Waals surface area contributed by atoms with Crippen molar-refractivity contribution in [2.24, 2.45) is 5.92 Å². The lowest BCUT2D eigenvalue weighted by molar-refractivity contribution is 0.0320. The quantitative estimate of drug-likeness (QED) is 0.394. The maximum Gasteiger partial charge on any atom is 0.255 e. The van der Waals surface area contributed by atoms with Crippen LogP contribution in [0.3, 0.4) is 0 Å². The Morgan fingerprint density at radius 1 is 1.15 bits per heavy atom. The molecule has 0 bridgehead atoms. The van der Waals surface area contributed by atoms with Crippen LogP contribution in [0.4, 0.5) is 5.69 Å². The molecule has 176 valence electrons. The van der Waals surface area contributed by atoms with Gasteiger partial charge in [0.05, 0.1) is 6.10 Å². The van der Waals surface area contributed by atoms with Gasteiger partial charge in [0.1, 0.15) is 0 Å². The number of hydrogen-bond donors (Lipinski definition) is 3. The van der Waals surface area contributed by atoms with Gasteiger partial charge in [-0.15, -0.1) is 0 Å². The average molecular weight is 457 g/mol. The number of anilines is 1. The van der Waals surface area contributed by atoms with Crippen LogP contribution >= 0.6 is 0 Å². The third kappa shape index (κ3) is 4.79. The highest BCUT2D eigenvalue weighted by atomic mass is 16.3. The summed E-state index contributed by atoms with van der Waals surface area (Å²) in [5.41, 5.74) is 6.77. The van der Waals surface area contributed by atoms with Crippen molar-refractivity contribution in [3.63, 3.8) is 0 Å². The molecule has 6 nitrogen and oxygen atoms in total. The van der Waals surface area contributed by atoms with E-state index in [0.717, 1.165) is 59.6 Å². The molecular weight excluding hydrogens is 424 g/mol. The molecule has 2 aromatic heterocycles. The summed E-state index contributed by atoms with van der Waals surface area (Å²) in [6.07, 6.45) is 4.70. The molecule has 1 aliphatic rings. The highest BCUT2D eigenvalue weighted by Gasteiger charge is 2.24. The molecule has 2 aromatic carbocycles. The maximum atomic E-state index is 13.1. The van der Waals surface area contributed by atoms with Crippen LogP contribution in [0, 0.1) is 19.8 Å². The molecule has 5 rings (SSSR count). The molecular formula is C28H32N4O2. The molecule has 3 heterocycles. The summed E-state index contributed by atoms with van der Waals surface area (Å²) in [4.78, 5) is 18.8. The van der Waals surface area contributed by atoms with Gasteiger partial charge in [0.25, 0.3) is 5.91 Å². The van der Waals surface area contributed by atoms with Crippen molar-refractivity contribution in [1.29, 1.82) is 0 Å². The van der Waals surface area contributed by atoms with E-state index in [1.54, 1.807) is 0 Å². The van der Waals surface area contributed by atoms with E-state index in [1.165, 1.54) is 5.56 Å². The minimum Gasteiger partial charge on any atom is -0.393 e. The Labute approximate surface area is 200 Å². The lowest BCUT2D eigenvalue weighted by Crippen LogP contribution is -2.41. The van der Waals surface area contributed by atoms with Crippen molar-refractivity contribution in [2.75, 3.05) is 18.4 Å². The second kappa shape index (κ2) is 9.12. The fraction of sp³-hybridized carbons (Fsp3) is 0.321. The Hall–Kier alpha value is -3.35. The summed E-state index contributed by atoms with van der Waals surface area (Å²) in [5, 5.41) is 14.3. The summed E-state index contributed by atoms with van der Waals surface area (Å²) in [6.45, 7) is 8.70. The molecule has 0 aliphatic carbocycles. The van der Waals surface area contributed by atoms with Gasteiger partial charge in [-0.1, -0.05) is 13.0 Å². The molecule has 1 aliphatic heterocycles. The van der Waals surface area contributed by atoms with Crippen LogP contribution in [0.2, 0.25) is 0 Å². The van der Waals surface area contributed by atoms with Crippen LogP contribution < -0.4 is 5.32 Å². The van der Waals surface area contributed by atoms with Crippen LogP contribution in [-0.2, 0) is 6.54 Å². The van der Waals surface area contributed by atoms with Gasteiger partial charge in [0.2, 0.25) is 0 Å². The predicted molar refractivity (Wildman–Crippen MR) is 137 cm³/mol. The van der Waals surface area contributed by atoms with Crippen molar-refractivity contribution >= 4 is 22.5 Å². The number of H-pyrrole nitrogens is 1. The Morgan fingerprint density at radius 3 is 2.76 bits per heavy atom. The molecule has 6 heteroatoms. The van der Waals surface area contributed by atoms with Gasteiger partial charge < -0.3 is 20.0 Å². The normalized spacial score (nSPS) is 18.9. The standard InChI is InChI=1S/C28H32N4O2/c1-18-6-9-32(15-18)25-12-21(17-31-8-7-27(33)19(2)16-31)11-24(14-25)30-28(34)23-5-4-22-10-20(3)29-26(22)13-23/h4-6,9-15,19,27,29,33H,7-8,16-17H2,1-3H3,(H,30,34). The molecule has 3 N–H and O–H groups in total. The zero-order chi connectivity index (χ0) is 23.8. The van der Waals surface area contributed by atoms with E-state index in [1.807, 2.05) is 37.4 Å². The second-order valence-corrected chi connectivity index (χ2v) is 9.76. The van der Waals surface area contributed by atoms with E-state index in [-0.39, 0.29) is 17.9 Å². The number of piperidine rings is 1. The van der Waals surface area contributed by atoms with E-state index >= 15 is 0 Å². The predicted octanol–water partition coefficient (Wildman–Crippen LogP) is 5.03. The molecule has 34 heavy (non-hydrogen) atoms. The zero-order valence-corrected chi connectivity index (χ0v) is 20.0. The highest BCUT2D eigenvalue weighted by molar-refractivity contribution is 6.06. The molecule has 0 saturated carbocycles. The van der Waals surface area contributed by atoms with Gasteiger partial charge in [-0.3, -0.25) is 9.69 Å². The minimum absolute atomic E-state index is 0.129. The van der Waals surface area contributed by atoms with Gasteiger partial charge in [-0.05, 0) is 85.2 Å². The Kier molecular flexibility index (Phi) is 6.02. The van der Waals surface area contributed by atoms with Crippen molar-refractivity contribution in [2.45, 2.75) is 39.8 Å². The number of aromatic amines is 1. The Morgan fingerprint density at radius 2 is 2.00 bits per heavy atom. The number of nitrogens with one attached hydrogen (secondary N) is 2. The van der Waals surface area contributed by atoms with Gasteiger partial charge in [0.15, 0.2) is 0 Å². The third-order valence-electron chi connectivity index (χ3n) is 6.74. The lowest BCUT2D eigenvalue weighted by Gasteiger charge is -2.34. The number of fused-ring (bicyclic) bond motifs is 1. The number of carbonyl (C=O) groups is 1. The lowest BCUT2D eigenvalue weighted by atomic mass is 9.96. The minimum atomic E-state index is -0.221. The van der Waals surface area contributed by atoms with Crippen LogP contribution in [0.25, 0.3) is 16.6 Å². The Bertz CT molecular complexity index is 1340. The molecule has 2 atom stereocenters. The topological polar surface area (TPSA) is 73.3 Å². The first kappa shape index (κ1) is 22.4. The SMILES string of the molecule is Cc1ccn(-c2cc(CN3CCC(O)C(C)C3)cc(NC(=O)c3ccc4cc(C)[nH]c4c3)c2)c1. The smallest absolute Gasteiger partial charge is 0.255 e. The number of benzene rings is 2. The third-order valence-corrected chi connectivity index (χ3v) is 6.74. The van der Waals surface area contributed by atoms with Gasteiger partial charge in [0, 0.05) is 60.2 Å². The fourth-order valence-corrected chi connectivity index (χ4v) is 4.89. The van der Waals surface area contributed by atoms with Crippen molar-refractivity contribution in [3.8, 4) is 5.69 Å². The van der Waals surface area contributed by atoms with E-state index in [9.17, 15) is 9.90 Å². The second-order valence-electron chi connectivity index (χ2n) is 9.76. The van der Waals surface area contributed by atoms with Gasteiger partial charge in [-0.2, -0.15) is 0 Å². The van der Waals surface area contributed by atoms with E-state index in [2.05, 4.69) is 64.1 Å². The van der Waals surface area contributed by atoms with Crippen molar-refractivity contribution < 1.29 is 9.90 Å². The number of rotatable bonds is 5. The number of carbonyl (C=O) groups excluding carboxylic acids is 1. The van der Waals surface area contributed by atoms with Crippen LogP contribution in [-0.4, -0.2) is 44.7 Å². The molecule has 2 unspecified atom stereocenters. The molecule has 1 amide bonds. The van der Waals surface area contributed by atoms with Crippen LogP contribution in [0.1, 0.15) is 40.5 Å². The summed E-state index contributed by atoms with van der Waals surface area (Å²) in [6, 6.07) is 16.1. The zero-order valence-electron chi connectivity index (χ0n) is 20.0. The first-order chi connectivity index (χ1) is 16.3. The largest absolute Gasteiger partial charge is 0.393 e. The number of aryl methyl sites for hydroxylation is 2. The fourth-order valence-electron chi connectivity index (χ4n) is 4.89. The van der Waals surface area contributed by atoms with Crippen molar-refractivity contribution in [1.82, 2.24) is 14.5 Å². The summed E-state index contributed by atoms with van der Waals surface area (Å²) >= 11 is 0. The monoisotopic (exact) mass is 456 g/mol. The van der Waals surface area contributed by atoms with E-state index < -0.39 is 0 Å². The number of aliphatic hydroxyl groups excluding tert-OH is 1. The summed E-state index contributed by atoms with van der Waals surface area (Å²) in [5.74, 6) is 0.130. The number of aromatic nitrogens is 2.